The molecule has 1 unspecified atom stereocenters. The quantitative estimate of drug-likeness (QED) is 0.724. The average Bonchev–Trinajstić information content (AvgIpc) is 2.66. The molecule has 2 amide bonds. The third-order valence-corrected chi connectivity index (χ3v) is 4.01. The number of carbonyl (C=O) groups is 2. The third kappa shape index (κ3) is 4.89. The van der Waals surface area contributed by atoms with Crippen molar-refractivity contribution in [2.75, 3.05) is 13.2 Å². The number of ether oxygens (including phenoxy) is 3. The fourth-order valence-electron chi connectivity index (χ4n) is 2.24. The number of hydrogen-bond donors (Lipinski definition) is 2. The van der Waals surface area contributed by atoms with E-state index >= 15 is 0 Å². The number of para-hydroxylation sites is 2. The molecule has 1 atom stereocenters. The number of hydrogen-bond acceptors (Lipinski definition) is 5. The van der Waals surface area contributed by atoms with Gasteiger partial charge in [0.25, 0.3) is 5.91 Å². The lowest BCUT2D eigenvalue weighted by molar-refractivity contribution is -0.135. The summed E-state index contributed by atoms with van der Waals surface area (Å²) >= 11 is 3.34. The molecule has 0 saturated heterocycles. The molecule has 26 heavy (non-hydrogen) atoms. The molecular formula is C18H17BrN2O5. The van der Waals surface area contributed by atoms with Crippen molar-refractivity contribution >= 4 is 27.7 Å². The maximum absolute atomic E-state index is 12.1. The molecule has 0 aliphatic carbocycles. The Morgan fingerprint density at radius 3 is 2.73 bits per heavy atom. The van der Waals surface area contributed by atoms with E-state index in [1.54, 1.807) is 30.3 Å². The fourth-order valence-corrected chi connectivity index (χ4v) is 2.62. The molecular weight excluding hydrogens is 404 g/mol. The number of benzene rings is 2. The van der Waals surface area contributed by atoms with Gasteiger partial charge >= 0.3 is 0 Å². The summed E-state index contributed by atoms with van der Waals surface area (Å²) in [4.78, 5) is 23.9. The maximum Gasteiger partial charge on any atom is 0.283 e. The van der Waals surface area contributed by atoms with E-state index < -0.39 is 12.0 Å². The highest BCUT2D eigenvalue weighted by Gasteiger charge is 2.27. The minimum atomic E-state index is -0.830. The van der Waals surface area contributed by atoms with Crippen LogP contribution in [0, 0.1) is 0 Å². The zero-order valence-electron chi connectivity index (χ0n) is 13.7. The number of carbonyl (C=O) groups excluding carboxylic acids is 2. The number of amides is 2. The van der Waals surface area contributed by atoms with Crippen LogP contribution in [-0.2, 0) is 9.59 Å². The normalized spacial score (nSPS) is 15.0. The Labute approximate surface area is 158 Å². The SMILES string of the molecule is O=C(CCOc1cccc(Br)c1)NNC(=O)C1COc2ccccc2O1. The Balaban J connectivity index is 1.38. The zero-order valence-corrected chi connectivity index (χ0v) is 15.3. The Morgan fingerprint density at radius 1 is 1.12 bits per heavy atom. The zero-order chi connectivity index (χ0) is 18.4. The molecule has 2 N–H and O–H groups in total. The second kappa shape index (κ2) is 8.57. The lowest BCUT2D eigenvalue weighted by atomic mass is 10.2. The van der Waals surface area contributed by atoms with Gasteiger partial charge in [-0.1, -0.05) is 34.1 Å². The first-order valence-electron chi connectivity index (χ1n) is 7.97. The van der Waals surface area contributed by atoms with Gasteiger partial charge in [0, 0.05) is 4.47 Å². The van der Waals surface area contributed by atoms with Crippen molar-refractivity contribution in [3.8, 4) is 17.2 Å². The second-order valence-corrected chi connectivity index (χ2v) is 6.37. The van der Waals surface area contributed by atoms with Crippen LogP contribution in [0.25, 0.3) is 0 Å². The number of nitrogens with one attached hydrogen (secondary N) is 2. The molecule has 1 heterocycles. The van der Waals surface area contributed by atoms with Crippen LogP contribution in [0.2, 0.25) is 0 Å². The van der Waals surface area contributed by atoms with E-state index in [2.05, 4.69) is 26.8 Å². The van der Waals surface area contributed by atoms with E-state index in [4.69, 9.17) is 14.2 Å². The number of rotatable bonds is 5. The van der Waals surface area contributed by atoms with Gasteiger partial charge in [0.1, 0.15) is 12.4 Å². The van der Waals surface area contributed by atoms with Crippen LogP contribution < -0.4 is 25.1 Å². The lowest BCUT2D eigenvalue weighted by Gasteiger charge is -2.25. The predicted octanol–water partition coefficient (Wildman–Crippen LogP) is 2.21. The van der Waals surface area contributed by atoms with Gasteiger partial charge in [-0.3, -0.25) is 20.4 Å². The summed E-state index contributed by atoms with van der Waals surface area (Å²) in [5, 5.41) is 0. The molecule has 1 aliphatic heterocycles. The van der Waals surface area contributed by atoms with Crippen LogP contribution in [0.4, 0.5) is 0 Å². The summed E-state index contributed by atoms with van der Waals surface area (Å²) in [6.07, 6.45) is -0.736. The molecule has 0 radical (unpaired) electrons. The summed E-state index contributed by atoms with van der Waals surface area (Å²) < 4.78 is 17.4. The number of hydrazine groups is 1. The van der Waals surface area contributed by atoms with Crippen LogP contribution in [0.3, 0.4) is 0 Å². The summed E-state index contributed by atoms with van der Waals surface area (Å²) in [5.74, 6) is 0.881. The van der Waals surface area contributed by atoms with Gasteiger partial charge in [0.15, 0.2) is 11.5 Å². The Morgan fingerprint density at radius 2 is 1.92 bits per heavy atom. The monoisotopic (exact) mass is 420 g/mol. The Hall–Kier alpha value is -2.74. The summed E-state index contributed by atoms with van der Waals surface area (Å²) in [6.45, 7) is 0.263. The molecule has 0 spiro atoms. The largest absolute Gasteiger partial charge is 0.493 e. The van der Waals surface area contributed by atoms with Crippen molar-refractivity contribution in [2.24, 2.45) is 0 Å². The standard InChI is InChI=1S/C18H17BrN2O5/c19-12-4-3-5-13(10-12)24-9-8-17(22)20-21-18(23)16-11-25-14-6-1-2-7-15(14)26-16/h1-7,10,16H,8-9,11H2,(H,20,22)(H,21,23). The van der Waals surface area contributed by atoms with Crippen LogP contribution in [-0.4, -0.2) is 31.1 Å². The van der Waals surface area contributed by atoms with Crippen molar-refractivity contribution in [3.05, 3.63) is 53.0 Å². The van der Waals surface area contributed by atoms with Crippen LogP contribution in [0.1, 0.15) is 6.42 Å². The first-order chi connectivity index (χ1) is 12.6. The first-order valence-corrected chi connectivity index (χ1v) is 8.76. The van der Waals surface area contributed by atoms with E-state index in [9.17, 15) is 9.59 Å². The molecule has 136 valence electrons. The van der Waals surface area contributed by atoms with Crippen LogP contribution in [0.5, 0.6) is 17.2 Å². The van der Waals surface area contributed by atoms with Crippen molar-refractivity contribution in [3.63, 3.8) is 0 Å². The van der Waals surface area contributed by atoms with E-state index in [0.717, 1.165) is 4.47 Å². The van der Waals surface area contributed by atoms with Crippen LogP contribution in [0.15, 0.2) is 53.0 Å². The van der Waals surface area contributed by atoms with E-state index in [0.29, 0.717) is 17.2 Å². The molecule has 0 aromatic heterocycles. The topological polar surface area (TPSA) is 85.9 Å². The molecule has 1 aliphatic rings. The molecule has 3 rings (SSSR count). The number of halogens is 1. The highest BCUT2D eigenvalue weighted by atomic mass is 79.9. The minimum absolute atomic E-state index is 0.0741. The summed E-state index contributed by atoms with van der Waals surface area (Å²) in [7, 11) is 0. The van der Waals surface area contributed by atoms with Gasteiger partial charge in [-0.05, 0) is 30.3 Å². The highest BCUT2D eigenvalue weighted by Crippen LogP contribution is 2.30. The molecule has 7 nitrogen and oxygen atoms in total. The van der Waals surface area contributed by atoms with E-state index in [-0.39, 0.29) is 25.5 Å². The van der Waals surface area contributed by atoms with Gasteiger partial charge in [-0.15, -0.1) is 0 Å². The van der Waals surface area contributed by atoms with Crippen LogP contribution >= 0.6 is 15.9 Å². The average molecular weight is 421 g/mol. The fraction of sp³-hybridized carbons (Fsp3) is 0.222. The lowest BCUT2D eigenvalue weighted by Crippen LogP contribution is -2.51. The third-order valence-electron chi connectivity index (χ3n) is 3.52. The van der Waals surface area contributed by atoms with Crippen molar-refractivity contribution in [1.82, 2.24) is 10.9 Å². The smallest absolute Gasteiger partial charge is 0.283 e. The number of fused-ring (bicyclic) bond motifs is 1. The molecule has 0 fully saturated rings. The summed E-state index contributed by atoms with van der Waals surface area (Å²) in [5.41, 5.74) is 4.67. The van der Waals surface area contributed by atoms with E-state index in [1.807, 2.05) is 18.2 Å². The molecule has 8 heteroatoms. The molecule has 0 saturated carbocycles. The Bertz CT molecular complexity index is 799. The molecule has 2 aromatic rings. The van der Waals surface area contributed by atoms with Crippen molar-refractivity contribution in [2.45, 2.75) is 12.5 Å². The van der Waals surface area contributed by atoms with Crippen molar-refractivity contribution < 1.29 is 23.8 Å². The van der Waals surface area contributed by atoms with Gasteiger partial charge < -0.3 is 14.2 Å². The second-order valence-electron chi connectivity index (χ2n) is 5.46. The van der Waals surface area contributed by atoms with Gasteiger partial charge in [0.05, 0.1) is 13.0 Å². The first kappa shape index (κ1) is 18.1. The maximum atomic E-state index is 12.1. The van der Waals surface area contributed by atoms with Gasteiger partial charge in [0.2, 0.25) is 12.0 Å². The highest BCUT2D eigenvalue weighted by molar-refractivity contribution is 9.10. The van der Waals surface area contributed by atoms with Gasteiger partial charge in [-0.25, -0.2) is 0 Å². The van der Waals surface area contributed by atoms with Gasteiger partial charge in [-0.2, -0.15) is 0 Å². The molecule has 2 aromatic carbocycles. The summed E-state index contributed by atoms with van der Waals surface area (Å²) in [6, 6.07) is 14.4. The Kier molecular flexibility index (Phi) is 5.96. The predicted molar refractivity (Wildman–Crippen MR) is 96.9 cm³/mol. The van der Waals surface area contributed by atoms with Crippen molar-refractivity contribution in [1.29, 1.82) is 0 Å². The molecule has 0 bridgehead atoms. The van der Waals surface area contributed by atoms with E-state index in [1.165, 1.54) is 0 Å². The minimum Gasteiger partial charge on any atom is -0.493 e.